The molecule has 0 bridgehead atoms. The molecular formula is C28H40N4O4S2. The van der Waals surface area contributed by atoms with Gasteiger partial charge in [-0.3, -0.25) is 0 Å². The van der Waals surface area contributed by atoms with Gasteiger partial charge < -0.3 is 0 Å². The molecule has 4 rings (SSSR count). The summed E-state index contributed by atoms with van der Waals surface area (Å²) in [5, 5.41) is 0. The van der Waals surface area contributed by atoms with E-state index in [-0.39, 0.29) is 0 Å². The molecule has 0 radical (unpaired) electrons. The molecule has 2 saturated heterocycles. The first kappa shape index (κ1) is 28.9. The molecule has 2 heterocycles. The van der Waals surface area contributed by atoms with E-state index in [9.17, 15) is 16.8 Å². The first-order valence-corrected chi connectivity index (χ1v) is 16.5. The second-order valence-corrected chi connectivity index (χ2v) is 13.5. The van der Waals surface area contributed by atoms with Crippen molar-refractivity contribution < 1.29 is 16.8 Å². The largest absolute Gasteiger partial charge is 0.279 e. The van der Waals surface area contributed by atoms with Gasteiger partial charge >= 0.3 is 0 Å². The van der Waals surface area contributed by atoms with Gasteiger partial charge in [0.05, 0.1) is 0 Å². The number of nitrogens with zero attached hydrogens (tertiary/aromatic N) is 2. The van der Waals surface area contributed by atoms with Crippen LogP contribution >= 0.6 is 0 Å². The molecule has 0 unspecified atom stereocenters. The predicted molar refractivity (Wildman–Crippen MR) is 152 cm³/mol. The van der Waals surface area contributed by atoms with Crippen LogP contribution in [-0.4, -0.2) is 63.7 Å². The van der Waals surface area contributed by atoms with Crippen molar-refractivity contribution in [2.75, 3.05) is 26.2 Å². The molecule has 0 aliphatic carbocycles. The quantitative estimate of drug-likeness (QED) is 0.389. The van der Waals surface area contributed by atoms with Crippen molar-refractivity contribution in [3.05, 3.63) is 83.9 Å². The molecule has 2 aliphatic heterocycles. The Bertz CT molecular complexity index is 1130. The van der Waals surface area contributed by atoms with Crippen molar-refractivity contribution in [1.82, 2.24) is 18.1 Å². The lowest BCUT2D eigenvalue weighted by Gasteiger charge is -2.29. The Morgan fingerprint density at radius 1 is 0.579 bits per heavy atom. The number of benzene rings is 2. The summed E-state index contributed by atoms with van der Waals surface area (Å²) in [6, 6.07) is 18.4. The highest BCUT2D eigenvalue weighted by Crippen LogP contribution is 2.16. The number of hydrogen-bond acceptors (Lipinski definition) is 4. The minimum atomic E-state index is -3.68. The highest BCUT2D eigenvalue weighted by Gasteiger charge is 2.28. The third-order valence-electron chi connectivity index (χ3n) is 7.08. The maximum atomic E-state index is 13.2. The molecular weight excluding hydrogens is 520 g/mol. The molecule has 2 aromatic rings. The second-order valence-electron chi connectivity index (χ2n) is 10.1. The van der Waals surface area contributed by atoms with Crippen molar-refractivity contribution in [2.24, 2.45) is 0 Å². The summed E-state index contributed by atoms with van der Waals surface area (Å²) in [6.45, 7) is 2.07. The van der Waals surface area contributed by atoms with Crippen LogP contribution in [0.1, 0.15) is 49.7 Å². The Morgan fingerprint density at radius 3 is 1.26 bits per heavy atom. The van der Waals surface area contributed by atoms with Gasteiger partial charge in [-0.15, -0.1) is 0 Å². The molecule has 2 fully saturated rings. The van der Waals surface area contributed by atoms with Crippen LogP contribution in [0.3, 0.4) is 0 Å². The van der Waals surface area contributed by atoms with Gasteiger partial charge in [0.1, 0.15) is 0 Å². The van der Waals surface area contributed by atoms with Gasteiger partial charge in [-0.1, -0.05) is 85.7 Å². The number of piperidine rings is 2. The maximum Gasteiger partial charge on any atom is 0.279 e. The number of nitrogens with one attached hydrogen (secondary N) is 2. The highest BCUT2D eigenvalue weighted by atomic mass is 32.2. The molecule has 0 spiro atoms. The summed E-state index contributed by atoms with van der Waals surface area (Å²) in [6.07, 6.45) is 10.0. The highest BCUT2D eigenvalue weighted by molar-refractivity contribution is 7.87. The summed E-state index contributed by atoms with van der Waals surface area (Å²) in [7, 11) is -7.35. The Kier molecular flexibility index (Phi) is 10.5. The van der Waals surface area contributed by atoms with Gasteiger partial charge in [0.2, 0.25) is 0 Å². The van der Waals surface area contributed by atoms with Crippen LogP contribution in [0.5, 0.6) is 0 Å². The van der Waals surface area contributed by atoms with Gasteiger partial charge in [-0.05, 0) is 49.7 Å². The van der Waals surface area contributed by atoms with E-state index in [4.69, 9.17) is 0 Å². The lowest BCUT2D eigenvalue weighted by atomic mass is 10.0. The minimum Gasteiger partial charge on any atom is -0.195 e. The van der Waals surface area contributed by atoms with Crippen molar-refractivity contribution >= 4 is 20.4 Å². The smallest absolute Gasteiger partial charge is 0.195 e. The van der Waals surface area contributed by atoms with Crippen molar-refractivity contribution in [2.45, 2.75) is 63.5 Å². The zero-order chi connectivity index (χ0) is 26.8. The van der Waals surface area contributed by atoms with Gasteiger partial charge in [-0.2, -0.15) is 34.9 Å². The van der Waals surface area contributed by atoms with E-state index in [2.05, 4.69) is 9.44 Å². The monoisotopic (exact) mass is 560 g/mol. The second kappa shape index (κ2) is 13.8. The molecule has 208 valence electrons. The van der Waals surface area contributed by atoms with E-state index in [1.807, 2.05) is 60.7 Å². The fourth-order valence-electron chi connectivity index (χ4n) is 5.04. The zero-order valence-corrected chi connectivity index (χ0v) is 23.5. The van der Waals surface area contributed by atoms with Gasteiger partial charge in [-0.25, -0.2) is 0 Å². The Balaban J connectivity index is 1.56. The fraction of sp³-hybridized carbons (Fsp3) is 0.500. The number of hydrogen-bond donors (Lipinski definition) is 2. The van der Waals surface area contributed by atoms with Gasteiger partial charge in [0.25, 0.3) is 20.4 Å². The van der Waals surface area contributed by atoms with Gasteiger partial charge in [0.15, 0.2) is 0 Å². The average molecular weight is 561 g/mol. The van der Waals surface area contributed by atoms with E-state index in [0.717, 1.165) is 49.7 Å². The van der Waals surface area contributed by atoms with Crippen LogP contribution in [0, 0.1) is 0 Å². The third-order valence-corrected chi connectivity index (χ3v) is 10.4. The third kappa shape index (κ3) is 8.72. The lowest BCUT2D eigenvalue weighted by molar-refractivity contribution is 0.339. The molecule has 8 nitrogen and oxygen atoms in total. The van der Waals surface area contributed by atoms with Crippen LogP contribution in [0.25, 0.3) is 0 Å². The van der Waals surface area contributed by atoms with E-state index < -0.39 is 32.5 Å². The van der Waals surface area contributed by atoms with Crippen molar-refractivity contribution in [3.63, 3.8) is 0 Å². The summed E-state index contributed by atoms with van der Waals surface area (Å²) in [4.78, 5) is 0. The van der Waals surface area contributed by atoms with Crippen molar-refractivity contribution in [3.8, 4) is 0 Å². The topological polar surface area (TPSA) is 98.8 Å². The first-order valence-electron chi connectivity index (χ1n) is 13.6. The maximum absolute atomic E-state index is 13.2. The molecule has 0 amide bonds. The normalized spacial score (nSPS) is 19.9. The molecule has 2 aromatic carbocycles. The van der Waals surface area contributed by atoms with Crippen molar-refractivity contribution in [1.29, 1.82) is 0 Å². The molecule has 0 saturated carbocycles. The Labute approximate surface area is 228 Å². The zero-order valence-electron chi connectivity index (χ0n) is 21.9. The van der Waals surface area contributed by atoms with E-state index in [0.29, 0.717) is 39.0 Å². The summed E-state index contributed by atoms with van der Waals surface area (Å²) >= 11 is 0. The molecule has 0 aromatic heterocycles. The first-order chi connectivity index (χ1) is 18.3. The van der Waals surface area contributed by atoms with E-state index in [1.165, 1.54) is 8.61 Å². The average Bonchev–Trinajstić information content (AvgIpc) is 2.93. The summed E-state index contributed by atoms with van der Waals surface area (Å²) < 4.78 is 61.7. The van der Waals surface area contributed by atoms with Crippen LogP contribution in [-0.2, 0) is 33.3 Å². The fourth-order valence-corrected chi connectivity index (χ4v) is 7.91. The summed E-state index contributed by atoms with van der Waals surface area (Å²) in [5.41, 5.74) is 1.99. The molecule has 38 heavy (non-hydrogen) atoms. The van der Waals surface area contributed by atoms with Crippen LogP contribution < -0.4 is 9.44 Å². The minimum absolute atomic E-state index is 0.460. The van der Waals surface area contributed by atoms with E-state index in [1.54, 1.807) is 12.2 Å². The SMILES string of the molecule is O=S(=O)(N[C@H](/C=C/[C@H](Cc1ccccc1)NS(=O)(=O)N1CCCCC1)Cc1ccccc1)N1CCCCC1. The molecule has 2 atom stereocenters. The standard InChI is InChI=1S/C28H40N4O4S2/c33-37(34,31-19-9-3-10-20-31)29-27(23-25-13-5-1-6-14-25)17-18-28(24-26-15-7-2-8-16-26)30-38(35,36)32-21-11-4-12-22-32/h1-2,5-8,13-18,27-30H,3-4,9-12,19-24H2/b18-17+/t27-,28-/m1/s1. The van der Waals surface area contributed by atoms with Crippen LogP contribution in [0.2, 0.25) is 0 Å². The van der Waals surface area contributed by atoms with E-state index >= 15 is 0 Å². The number of rotatable bonds is 12. The summed E-state index contributed by atoms with van der Waals surface area (Å²) in [5.74, 6) is 0. The van der Waals surface area contributed by atoms with Gasteiger partial charge in [0, 0.05) is 38.3 Å². The Morgan fingerprint density at radius 2 is 0.921 bits per heavy atom. The molecule has 2 N–H and O–H groups in total. The van der Waals surface area contributed by atoms with Crippen LogP contribution in [0.15, 0.2) is 72.8 Å². The Hall–Kier alpha value is -2.08. The molecule has 10 heteroatoms. The molecule has 2 aliphatic rings. The van der Waals surface area contributed by atoms with Crippen LogP contribution in [0.4, 0.5) is 0 Å². The lowest BCUT2D eigenvalue weighted by Crippen LogP contribution is -2.48. The predicted octanol–water partition coefficient (Wildman–Crippen LogP) is 3.41.